The molecule has 40 nitrogen and oxygen atoms in total. The number of carboxylic acids is 2. The third-order valence-electron chi connectivity index (χ3n) is 8.99. The lowest BCUT2D eigenvalue weighted by molar-refractivity contribution is -0.352. The molecule has 46 heteroatoms. The molecular formula is C27H51N3O37S6-8. The minimum absolute atomic E-state index is 0. The van der Waals surface area contributed by atoms with Crippen molar-refractivity contribution in [2.24, 2.45) is 5.92 Å². The van der Waals surface area contributed by atoms with Crippen molar-refractivity contribution in [1.29, 1.82) is 0 Å². The quantitative estimate of drug-likeness (QED) is 0.0517. The standard InChI is InChI=1S/C12H22N2O17S3.C7H15NO10S2.C6H10O8S.2CH4.2H2O/c15-7-2-14(30-11(9(7)16)12(17)18)1-5-8(4-29-33(22,23)24)28-3-6(13-32(19,20)21)10(5)31-34(25,26)27;1-16-7-6(8-19(10,11)12)5(9)2-4(18-7)3-17-20(13,14)15;7-3-1-4(6(8)9)13-2-5(3)14-15(10,11)12;;;;/h5-11,13,15-16H,1-4H2,(H,17,18)(H,19,20,21)(H,22,23,24)(H,25,26,27);4-9H,2-3H2,1H3,(H,10,11,12)(H,13,14,15);3-5,7H,1-2H2,(H,8,9)(H,10,11,12);2*1H4;2*1H2/p-8/t5-,6?,7-,8?,9-,10+,11?;4?,5-,6?,7+;3-,4?,5?;;;;/m011..../s1. The van der Waals surface area contributed by atoms with Crippen LogP contribution in [0.25, 0.3) is 0 Å². The van der Waals surface area contributed by atoms with Crippen LogP contribution in [0.2, 0.25) is 0 Å². The van der Waals surface area contributed by atoms with Gasteiger partial charge in [0.15, 0.2) is 26.9 Å². The van der Waals surface area contributed by atoms with Crippen LogP contribution in [0.1, 0.15) is 27.7 Å². The molecule has 7 unspecified atom stereocenters. The number of aliphatic hydroxyl groups is 4. The Hall–Kier alpha value is -2.32. The van der Waals surface area contributed by atoms with E-state index in [2.05, 4.69) is 21.5 Å². The predicted molar refractivity (Wildman–Crippen MR) is 213 cm³/mol. The molecule has 440 valence electrons. The van der Waals surface area contributed by atoms with Crippen molar-refractivity contribution < 1.29 is 170 Å². The van der Waals surface area contributed by atoms with Crippen LogP contribution >= 0.6 is 0 Å². The molecule has 4 fully saturated rings. The van der Waals surface area contributed by atoms with Crippen LogP contribution in [0.5, 0.6) is 0 Å². The van der Waals surface area contributed by atoms with Crippen molar-refractivity contribution in [3.05, 3.63) is 0 Å². The van der Waals surface area contributed by atoms with Crippen molar-refractivity contribution in [3.63, 3.8) is 0 Å². The largest absolute Gasteiger partial charge is 0.735 e. The van der Waals surface area contributed by atoms with Crippen LogP contribution < -0.4 is 19.7 Å². The first kappa shape index (κ1) is 74.9. The maximum Gasteiger partial charge on any atom is 0.218 e. The normalized spacial score (nSPS) is 31.4. The van der Waals surface area contributed by atoms with Gasteiger partial charge in [-0.3, -0.25) is 21.6 Å². The summed E-state index contributed by atoms with van der Waals surface area (Å²) in [6.07, 6.45) is -18.1. The molecule has 73 heavy (non-hydrogen) atoms. The fourth-order valence-corrected chi connectivity index (χ4v) is 9.07. The Kier molecular flexibility index (Phi) is 31.4. The van der Waals surface area contributed by atoms with Gasteiger partial charge >= 0.3 is 0 Å². The van der Waals surface area contributed by atoms with E-state index in [0.29, 0.717) is 5.06 Å². The molecular weight excluding hydrogens is 1150 g/mol. The first-order valence-electron chi connectivity index (χ1n) is 18.1. The number of aliphatic hydroxyl groups excluding tert-OH is 4. The van der Waals surface area contributed by atoms with E-state index in [1.54, 1.807) is 4.72 Å². The zero-order chi connectivity index (χ0) is 53.2. The summed E-state index contributed by atoms with van der Waals surface area (Å²) >= 11 is 0. The van der Waals surface area contributed by atoms with Crippen molar-refractivity contribution in [2.75, 3.05) is 46.6 Å². The first-order chi connectivity index (χ1) is 31.2. The zero-order valence-corrected chi connectivity index (χ0v) is 40.0. The predicted octanol–water partition coefficient (Wildman–Crippen LogP) is -13.8. The van der Waals surface area contributed by atoms with Crippen LogP contribution in [0, 0.1) is 5.92 Å². The van der Waals surface area contributed by atoms with Gasteiger partial charge in [-0.2, -0.15) is 5.06 Å². The van der Waals surface area contributed by atoms with Gasteiger partial charge in [0.05, 0.1) is 93.6 Å². The summed E-state index contributed by atoms with van der Waals surface area (Å²) in [6, 6.07) is -3.21. The minimum atomic E-state index is -5.61. The van der Waals surface area contributed by atoms with Crippen molar-refractivity contribution >= 4 is 74.1 Å². The average Bonchev–Trinajstić information content (AvgIpc) is 3.15. The summed E-state index contributed by atoms with van der Waals surface area (Å²) in [4.78, 5) is 26.4. The molecule has 4 aliphatic heterocycles. The Bertz CT molecular complexity index is 2390. The third-order valence-corrected chi connectivity index (χ3v) is 11.9. The highest BCUT2D eigenvalue weighted by molar-refractivity contribution is 7.84. The van der Waals surface area contributed by atoms with Crippen LogP contribution in [-0.2, 0) is 112 Å². The lowest BCUT2D eigenvalue weighted by Crippen LogP contribution is -2.64. The van der Waals surface area contributed by atoms with Crippen LogP contribution in [0.4, 0.5) is 0 Å². The Morgan fingerprint density at radius 2 is 1.19 bits per heavy atom. The van der Waals surface area contributed by atoms with E-state index in [0.717, 1.165) is 7.11 Å². The molecule has 14 atom stereocenters. The lowest BCUT2D eigenvalue weighted by atomic mass is 9.88. The second-order valence-corrected chi connectivity index (χ2v) is 20.5. The Morgan fingerprint density at radius 1 is 0.671 bits per heavy atom. The van der Waals surface area contributed by atoms with E-state index in [9.17, 15) is 118 Å². The SMILES string of the molecule is C.C.CO[C@H]1OC(COS(=O)(=O)[O-])C[C@@H](O)C1NS(=O)(=O)[O-].O.O.O=C([O-])C1C[C@@H](O)C(OS(=O)(=O)[O-])CO1.O=C([O-])C1ON(C[C@H]2C(COS(=O)(=O)[O-])OCC(NS(=O)(=O)[O-])[C@@H]2OS(=O)(=O)[O-])C[C@H](O)[C@@H]1O. The smallest absolute Gasteiger partial charge is 0.218 e. The number of carbonyl (C=O) groups is 2. The van der Waals surface area contributed by atoms with Crippen LogP contribution in [-0.4, -0.2) is 252 Å². The van der Waals surface area contributed by atoms with E-state index < -0.39 is 199 Å². The number of hydrogen-bond acceptors (Lipinski definition) is 36. The number of nitrogens with zero attached hydrogens (tertiary/aromatic N) is 1. The average molecular weight is 1200 g/mol. The molecule has 0 aromatic rings. The van der Waals surface area contributed by atoms with Gasteiger partial charge < -0.3 is 97.4 Å². The highest BCUT2D eigenvalue weighted by atomic mass is 32.3. The number of carbonyl (C=O) groups excluding carboxylic acids is 2. The first-order valence-corrected chi connectivity index (χ1v) is 26.2. The number of aliphatic carboxylic acids is 2. The fourth-order valence-electron chi connectivity index (χ4n) is 6.25. The number of hydrogen-bond donors (Lipinski definition) is 6. The molecule has 0 saturated carbocycles. The van der Waals surface area contributed by atoms with Gasteiger partial charge in [0.1, 0.15) is 24.4 Å². The second-order valence-electron chi connectivity index (χ2n) is 14.1. The van der Waals surface area contributed by atoms with E-state index >= 15 is 0 Å². The maximum atomic E-state index is 11.3. The number of β-amino-alcohol motifs (C(OH)–C–C–N with tert-alkyl or cyclic N) is 1. The van der Waals surface area contributed by atoms with Crippen LogP contribution in [0.3, 0.4) is 0 Å². The minimum Gasteiger partial charge on any atom is -0.735 e. The number of ether oxygens (including phenoxy) is 4. The van der Waals surface area contributed by atoms with Crippen LogP contribution in [0.15, 0.2) is 0 Å². The summed E-state index contributed by atoms with van der Waals surface area (Å²) in [5.41, 5.74) is 0. The highest BCUT2D eigenvalue weighted by Gasteiger charge is 2.47. The highest BCUT2D eigenvalue weighted by Crippen LogP contribution is 2.30. The fraction of sp³-hybridized carbons (Fsp3) is 0.926. The molecule has 0 aromatic heterocycles. The summed E-state index contributed by atoms with van der Waals surface area (Å²) < 4.78 is 232. The molecule has 0 bridgehead atoms. The molecule has 0 aliphatic carbocycles. The van der Waals surface area contributed by atoms with Gasteiger partial charge in [-0.25, -0.2) is 60.0 Å². The molecule has 4 aliphatic rings. The molecule has 4 saturated heterocycles. The van der Waals surface area contributed by atoms with E-state index in [1.807, 2.05) is 0 Å². The molecule has 0 spiro atoms. The maximum absolute atomic E-state index is 11.3. The van der Waals surface area contributed by atoms with Gasteiger partial charge in [-0.15, -0.1) is 0 Å². The van der Waals surface area contributed by atoms with E-state index in [4.69, 9.17) is 19.0 Å². The van der Waals surface area contributed by atoms with Crippen molar-refractivity contribution in [2.45, 2.75) is 107 Å². The van der Waals surface area contributed by atoms with Gasteiger partial charge in [0, 0.05) is 32.4 Å². The lowest BCUT2D eigenvalue weighted by Gasteiger charge is -2.46. The van der Waals surface area contributed by atoms with E-state index in [1.165, 1.54) is 4.72 Å². The van der Waals surface area contributed by atoms with Crippen molar-refractivity contribution in [1.82, 2.24) is 14.5 Å². The zero-order valence-electron chi connectivity index (χ0n) is 35.1. The molecule has 4 rings (SSSR count). The van der Waals surface area contributed by atoms with Gasteiger partial charge in [-0.05, 0) is 0 Å². The topological polar surface area (TPSA) is 678 Å². The number of hydroxylamine groups is 2. The Balaban J connectivity index is -0.00000107. The number of carboxylic acid groups (broad SMARTS) is 2. The number of nitrogens with one attached hydrogen (secondary N) is 2. The number of methoxy groups -OCH3 is 1. The van der Waals surface area contributed by atoms with Gasteiger partial charge in [-0.1, -0.05) is 14.9 Å². The number of rotatable bonds is 19. The Labute approximate surface area is 416 Å². The molecule has 4 heterocycles. The molecule has 0 aromatic carbocycles. The monoisotopic (exact) mass is 1200 g/mol. The van der Waals surface area contributed by atoms with E-state index in [-0.39, 0.29) is 38.6 Å². The summed E-state index contributed by atoms with van der Waals surface area (Å²) in [7, 11) is -29.8. The van der Waals surface area contributed by atoms with Gasteiger partial charge in [0.2, 0.25) is 41.6 Å². The second kappa shape index (κ2) is 30.6. The van der Waals surface area contributed by atoms with Gasteiger partial charge in [0.25, 0.3) is 0 Å². The molecule has 10 N–H and O–H groups in total. The van der Waals surface area contributed by atoms with Crippen molar-refractivity contribution in [3.8, 4) is 0 Å². The third kappa shape index (κ3) is 28.6. The summed E-state index contributed by atoms with van der Waals surface area (Å²) in [6.45, 7) is -4.59. The summed E-state index contributed by atoms with van der Waals surface area (Å²) in [5.74, 6) is -5.17. The molecule has 0 amide bonds. The Morgan fingerprint density at radius 3 is 1.63 bits per heavy atom. The molecule has 0 radical (unpaired) electrons. The summed E-state index contributed by atoms with van der Waals surface area (Å²) in [5, 5.41) is 60.7.